The molecule has 2 heterocycles. The zero-order valence-electron chi connectivity index (χ0n) is 15.6. The number of hydrogen-bond acceptors (Lipinski definition) is 4. The molecule has 0 amide bonds. The molecule has 1 aromatic heterocycles. The van der Waals surface area contributed by atoms with E-state index >= 15 is 0 Å². The fourth-order valence-electron chi connectivity index (χ4n) is 3.25. The lowest BCUT2D eigenvalue weighted by Crippen LogP contribution is -2.41. The van der Waals surface area contributed by atoms with E-state index in [-0.39, 0.29) is 0 Å². The SMILES string of the molecule is CC(C)CN1CC(CCCCN)NC(=S)c2nn(CC(C)C)cc21. The molecule has 136 valence electrons. The van der Waals surface area contributed by atoms with Gasteiger partial charge in [0, 0.05) is 31.9 Å². The first-order chi connectivity index (χ1) is 11.4. The van der Waals surface area contributed by atoms with Crippen molar-refractivity contribution >= 4 is 22.9 Å². The first-order valence-corrected chi connectivity index (χ1v) is 9.64. The maximum Gasteiger partial charge on any atom is 0.143 e. The van der Waals surface area contributed by atoms with Crippen molar-refractivity contribution in [3.63, 3.8) is 0 Å². The van der Waals surface area contributed by atoms with Crippen LogP contribution in [-0.2, 0) is 6.54 Å². The molecule has 5 nitrogen and oxygen atoms in total. The van der Waals surface area contributed by atoms with Crippen LogP contribution in [0.2, 0.25) is 0 Å². The van der Waals surface area contributed by atoms with Gasteiger partial charge in [0.15, 0.2) is 0 Å². The van der Waals surface area contributed by atoms with Crippen molar-refractivity contribution in [2.24, 2.45) is 17.6 Å². The Balaban J connectivity index is 2.21. The average molecular weight is 352 g/mol. The van der Waals surface area contributed by atoms with Crippen LogP contribution in [0.25, 0.3) is 0 Å². The van der Waals surface area contributed by atoms with Gasteiger partial charge in [0.25, 0.3) is 0 Å². The molecule has 24 heavy (non-hydrogen) atoms. The zero-order chi connectivity index (χ0) is 17.7. The highest BCUT2D eigenvalue weighted by atomic mass is 32.1. The van der Waals surface area contributed by atoms with Crippen molar-refractivity contribution in [1.82, 2.24) is 15.1 Å². The molecule has 0 radical (unpaired) electrons. The molecule has 3 N–H and O–H groups in total. The van der Waals surface area contributed by atoms with E-state index in [1.54, 1.807) is 0 Å². The van der Waals surface area contributed by atoms with Crippen LogP contribution in [0.3, 0.4) is 0 Å². The molecule has 1 atom stereocenters. The van der Waals surface area contributed by atoms with E-state index in [1.165, 1.54) is 5.69 Å². The summed E-state index contributed by atoms with van der Waals surface area (Å²) in [5.74, 6) is 1.17. The smallest absolute Gasteiger partial charge is 0.143 e. The van der Waals surface area contributed by atoms with E-state index in [9.17, 15) is 0 Å². The highest BCUT2D eigenvalue weighted by Crippen LogP contribution is 2.25. The first kappa shape index (κ1) is 19.2. The average Bonchev–Trinajstić information content (AvgIpc) is 2.84. The highest BCUT2D eigenvalue weighted by Gasteiger charge is 2.27. The summed E-state index contributed by atoms with van der Waals surface area (Å²) in [5, 5.41) is 8.31. The van der Waals surface area contributed by atoms with Crippen LogP contribution < -0.4 is 16.0 Å². The first-order valence-electron chi connectivity index (χ1n) is 9.24. The van der Waals surface area contributed by atoms with Crippen molar-refractivity contribution < 1.29 is 0 Å². The van der Waals surface area contributed by atoms with Crippen LogP contribution in [0.15, 0.2) is 6.20 Å². The number of nitrogens with one attached hydrogen (secondary N) is 1. The van der Waals surface area contributed by atoms with Crippen LogP contribution in [0.5, 0.6) is 0 Å². The Labute approximate surface area is 152 Å². The summed E-state index contributed by atoms with van der Waals surface area (Å²) in [5.41, 5.74) is 7.76. The van der Waals surface area contributed by atoms with Gasteiger partial charge in [-0.2, -0.15) is 5.10 Å². The second-order valence-electron chi connectivity index (χ2n) is 7.73. The van der Waals surface area contributed by atoms with E-state index in [4.69, 9.17) is 23.1 Å². The summed E-state index contributed by atoms with van der Waals surface area (Å²) in [6.45, 7) is 12.6. The van der Waals surface area contributed by atoms with Crippen molar-refractivity contribution in [2.45, 2.75) is 59.5 Å². The molecule has 0 bridgehead atoms. The number of hydrogen-bond donors (Lipinski definition) is 2. The van der Waals surface area contributed by atoms with Gasteiger partial charge in [0.1, 0.15) is 10.7 Å². The molecule has 0 saturated carbocycles. The van der Waals surface area contributed by atoms with E-state index in [1.807, 2.05) is 4.68 Å². The van der Waals surface area contributed by atoms with Gasteiger partial charge in [-0.1, -0.05) is 46.3 Å². The van der Waals surface area contributed by atoms with Gasteiger partial charge in [-0.3, -0.25) is 4.68 Å². The van der Waals surface area contributed by atoms with Gasteiger partial charge in [0.05, 0.1) is 5.69 Å². The number of nitrogens with two attached hydrogens (primary N) is 1. The van der Waals surface area contributed by atoms with E-state index in [0.29, 0.717) is 17.9 Å². The van der Waals surface area contributed by atoms with Crippen LogP contribution in [0, 0.1) is 11.8 Å². The summed E-state index contributed by atoms with van der Waals surface area (Å²) in [6, 6.07) is 0.371. The normalized spacial score (nSPS) is 18.0. The summed E-state index contributed by atoms with van der Waals surface area (Å²) in [7, 11) is 0. The predicted octanol–water partition coefficient (Wildman–Crippen LogP) is 2.78. The molecule has 1 aliphatic heterocycles. The number of anilines is 1. The minimum absolute atomic E-state index is 0.371. The van der Waals surface area contributed by atoms with E-state index in [2.05, 4.69) is 44.1 Å². The molecule has 0 aliphatic carbocycles. The number of fused-ring (bicyclic) bond motifs is 1. The van der Waals surface area contributed by atoms with E-state index in [0.717, 1.165) is 56.1 Å². The third-order valence-electron chi connectivity index (χ3n) is 4.22. The van der Waals surface area contributed by atoms with Gasteiger partial charge in [-0.15, -0.1) is 0 Å². The van der Waals surface area contributed by atoms with Crippen LogP contribution in [0.1, 0.15) is 52.7 Å². The van der Waals surface area contributed by atoms with Crippen molar-refractivity contribution in [2.75, 3.05) is 24.5 Å². The Morgan fingerprint density at radius 1 is 1.25 bits per heavy atom. The Bertz CT molecular complexity index is 538. The molecule has 6 heteroatoms. The molecule has 1 aromatic rings. The molecule has 1 aliphatic rings. The topological polar surface area (TPSA) is 59.1 Å². The Hall–Kier alpha value is -1.14. The Morgan fingerprint density at radius 2 is 1.96 bits per heavy atom. The van der Waals surface area contributed by atoms with Crippen LogP contribution in [-0.4, -0.2) is 40.4 Å². The van der Waals surface area contributed by atoms with Gasteiger partial charge in [-0.25, -0.2) is 0 Å². The van der Waals surface area contributed by atoms with Crippen LogP contribution in [0.4, 0.5) is 5.69 Å². The fourth-order valence-corrected chi connectivity index (χ4v) is 3.56. The molecule has 0 fully saturated rings. The fraction of sp³-hybridized carbons (Fsp3) is 0.778. The maximum absolute atomic E-state index is 5.66. The zero-order valence-corrected chi connectivity index (χ0v) is 16.4. The van der Waals surface area contributed by atoms with Crippen LogP contribution >= 0.6 is 12.2 Å². The summed E-state index contributed by atoms with van der Waals surface area (Å²) < 4.78 is 2.05. The van der Waals surface area contributed by atoms with Crippen molar-refractivity contribution in [1.29, 1.82) is 0 Å². The quantitative estimate of drug-likeness (QED) is 0.557. The molecular formula is C18H33N5S. The number of nitrogens with zero attached hydrogens (tertiary/aromatic N) is 3. The molecule has 2 rings (SSSR count). The lowest BCUT2D eigenvalue weighted by atomic mass is 10.1. The van der Waals surface area contributed by atoms with Crippen molar-refractivity contribution in [3.8, 4) is 0 Å². The molecule has 0 aromatic carbocycles. The Morgan fingerprint density at radius 3 is 2.58 bits per heavy atom. The van der Waals surface area contributed by atoms with E-state index < -0.39 is 0 Å². The number of unbranched alkanes of at least 4 members (excludes halogenated alkanes) is 1. The molecule has 0 spiro atoms. The predicted molar refractivity (Wildman–Crippen MR) is 106 cm³/mol. The third kappa shape index (κ3) is 5.18. The lowest BCUT2D eigenvalue weighted by molar-refractivity contribution is 0.479. The molecule has 0 saturated heterocycles. The monoisotopic (exact) mass is 351 g/mol. The van der Waals surface area contributed by atoms with Gasteiger partial charge in [0.2, 0.25) is 0 Å². The summed E-state index contributed by atoms with van der Waals surface area (Å²) in [4.78, 5) is 3.25. The van der Waals surface area contributed by atoms with Gasteiger partial charge in [-0.05, 0) is 31.2 Å². The minimum atomic E-state index is 0.371. The van der Waals surface area contributed by atoms with Crippen molar-refractivity contribution in [3.05, 3.63) is 11.9 Å². The molecule has 1 unspecified atom stereocenters. The second kappa shape index (κ2) is 8.81. The Kier molecular flexibility index (Phi) is 7.04. The third-order valence-corrected chi connectivity index (χ3v) is 4.53. The maximum atomic E-state index is 5.66. The van der Waals surface area contributed by atoms with Gasteiger partial charge < -0.3 is 16.0 Å². The largest absolute Gasteiger partial charge is 0.370 e. The number of rotatable bonds is 8. The summed E-state index contributed by atoms with van der Waals surface area (Å²) in [6.07, 6.45) is 5.48. The highest BCUT2D eigenvalue weighted by molar-refractivity contribution is 7.80. The standard InChI is InChI=1S/C18H33N5S/c1-13(2)9-22-11-15(7-5-6-8-19)20-18(24)17-16(22)12-23(21-17)10-14(3)4/h12-15H,5-11,19H2,1-4H3,(H,20,24). The van der Waals surface area contributed by atoms with Gasteiger partial charge >= 0.3 is 0 Å². The number of thiocarbonyl (C=S) groups is 1. The lowest BCUT2D eigenvalue weighted by Gasteiger charge is -2.28. The molecular weight excluding hydrogens is 318 g/mol. The number of aromatic nitrogens is 2. The second-order valence-corrected chi connectivity index (χ2v) is 8.14. The summed E-state index contributed by atoms with van der Waals surface area (Å²) >= 11 is 5.66. The minimum Gasteiger partial charge on any atom is -0.370 e.